The van der Waals surface area contributed by atoms with Crippen molar-refractivity contribution >= 4 is 11.9 Å². The largest absolute Gasteiger partial charge is 0.496 e. The van der Waals surface area contributed by atoms with Crippen LogP contribution in [0.5, 0.6) is 17.2 Å². The lowest BCUT2D eigenvalue weighted by Crippen LogP contribution is -2.03. The Morgan fingerprint density at radius 1 is 0.800 bits per heavy atom. The molecule has 0 amide bonds. The minimum atomic E-state index is -1.59. The molecule has 0 fully saturated rings. The van der Waals surface area contributed by atoms with Gasteiger partial charge in [0.05, 0.1) is 27.5 Å². The number of nitrogens with zero attached hydrogens (tertiary/aromatic N) is 1. The van der Waals surface area contributed by atoms with E-state index in [1.54, 1.807) is 0 Å². The van der Waals surface area contributed by atoms with Crippen LogP contribution in [-0.4, -0.2) is 27.5 Å². The lowest BCUT2D eigenvalue weighted by Gasteiger charge is -2.12. The second kappa shape index (κ2) is 7.73. The van der Waals surface area contributed by atoms with Gasteiger partial charge in [-0.1, -0.05) is 0 Å². The Kier molecular flexibility index (Phi) is 5.68. The van der Waals surface area contributed by atoms with Gasteiger partial charge in [0.2, 0.25) is 0 Å². The molecule has 1 N–H and O–H groups in total. The number of halogens is 4. The van der Waals surface area contributed by atoms with E-state index in [9.17, 15) is 17.6 Å². The van der Waals surface area contributed by atoms with Crippen molar-refractivity contribution in [3.63, 3.8) is 0 Å². The van der Waals surface area contributed by atoms with Crippen molar-refractivity contribution in [1.29, 1.82) is 0 Å². The number of methoxy groups -OCH3 is 3. The summed E-state index contributed by atoms with van der Waals surface area (Å²) in [6.45, 7) is 0. The Morgan fingerprint density at radius 2 is 1.32 bits per heavy atom. The van der Waals surface area contributed by atoms with Gasteiger partial charge in [-0.25, -0.2) is 17.6 Å². The lowest BCUT2D eigenvalue weighted by molar-refractivity contribution is 0.349. The number of rotatable bonds is 6. The molecule has 0 aromatic heterocycles. The SMILES string of the molecule is COc1cc(OC)c(OC)cc1/C=N/Nc1c(F)c(F)cc(F)c1F. The molecular weight excluding hydrogens is 344 g/mol. The summed E-state index contributed by atoms with van der Waals surface area (Å²) >= 11 is 0. The van der Waals surface area contributed by atoms with Crippen LogP contribution in [0.2, 0.25) is 0 Å². The predicted molar refractivity (Wildman–Crippen MR) is 83.6 cm³/mol. The number of benzene rings is 2. The Morgan fingerprint density at radius 3 is 1.84 bits per heavy atom. The van der Waals surface area contributed by atoms with E-state index in [0.29, 0.717) is 22.8 Å². The normalized spacial score (nSPS) is 10.8. The van der Waals surface area contributed by atoms with Crippen molar-refractivity contribution < 1.29 is 31.8 Å². The highest BCUT2D eigenvalue weighted by Crippen LogP contribution is 2.33. The molecule has 134 valence electrons. The van der Waals surface area contributed by atoms with Gasteiger partial charge in [0, 0.05) is 17.7 Å². The molecule has 25 heavy (non-hydrogen) atoms. The topological polar surface area (TPSA) is 52.1 Å². The van der Waals surface area contributed by atoms with Crippen LogP contribution in [0.3, 0.4) is 0 Å². The summed E-state index contributed by atoms with van der Waals surface area (Å²) in [6, 6.07) is 3.13. The summed E-state index contributed by atoms with van der Waals surface area (Å²) in [6.07, 6.45) is 1.14. The zero-order chi connectivity index (χ0) is 18.6. The first kappa shape index (κ1) is 18.4. The molecule has 0 heterocycles. The number of hydrogen-bond acceptors (Lipinski definition) is 5. The first-order valence-electron chi connectivity index (χ1n) is 6.85. The highest BCUT2D eigenvalue weighted by molar-refractivity contribution is 5.85. The molecule has 0 atom stereocenters. The number of ether oxygens (including phenoxy) is 3. The Hall–Kier alpha value is -2.97. The van der Waals surface area contributed by atoms with Crippen LogP contribution < -0.4 is 19.6 Å². The Bertz CT molecular complexity index is 786. The molecule has 0 saturated carbocycles. The second-order valence-corrected chi connectivity index (χ2v) is 4.66. The quantitative estimate of drug-likeness (QED) is 0.370. The average molecular weight is 358 g/mol. The van der Waals surface area contributed by atoms with E-state index in [1.165, 1.54) is 33.5 Å². The first-order chi connectivity index (χ1) is 11.9. The molecule has 0 bridgehead atoms. The van der Waals surface area contributed by atoms with Crippen molar-refractivity contribution in [1.82, 2.24) is 0 Å². The number of hydrazone groups is 1. The molecule has 0 unspecified atom stereocenters. The molecule has 0 spiro atoms. The van der Waals surface area contributed by atoms with E-state index in [-0.39, 0.29) is 6.07 Å². The van der Waals surface area contributed by atoms with E-state index in [4.69, 9.17) is 14.2 Å². The van der Waals surface area contributed by atoms with Gasteiger partial charge in [-0.15, -0.1) is 0 Å². The molecule has 2 aromatic rings. The fourth-order valence-electron chi connectivity index (χ4n) is 1.99. The van der Waals surface area contributed by atoms with E-state index in [1.807, 2.05) is 5.43 Å². The third kappa shape index (κ3) is 3.76. The Labute approximate surface area is 140 Å². The van der Waals surface area contributed by atoms with E-state index < -0.39 is 29.0 Å². The maximum absolute atomic E-state index is 13.6. The van der Waals surface area contributed by atoms with Gasteiger partial charge in [0.1, 0.15) is 11.4 Å². The monoisotopic (exact) mass is 358 g/mol. The maximum atomic E-state index is 13.6. The van der Waals surface area contributed by atoms with Crippen LogP contribution >= 0.6 is 0 Å². The molecule has 0 aliphatic carbocycles. The minimum absolute atomic E-state index is 0.108. The fourth-order valence-corrected chi connectivity index (χ4v) is 1.99. The third-order valence-electron chi connectivity index (χ3n) is 3.23. The fraction of sp³-hybridized carbons (Fsp3) is 0.188. The van der Waals surface area contributed by atoms with Crippen LogP contribution in [0.4, 0.5) is 23.2 Å². The van der Waals surface area contributed by atoms with Gasteiger partial charge < -0.3 is 14.2 Å². The molecule has 2 aromatic carbocycles. The highest BCUT2D eigenvalue weighted by atomic mass is 19.2. The van der Waals surface area contributed by atoms with Crippen molar-refractivity contribution in [2.45, 2.75) is 0 Å². The molecule has 5 nitrogen and oxygen atoms in total. The minimum Gasteiger partial charge on any atom is -0.496 e. The van der Waals surface area contributed by atoms with Gasteiger partial charge in [-0.3, -0.25) is 5.43 Å². The zero-order valence-corrected chi connectivity index (χ0v) is 13.5. The van der Waals surface area contributed by atoms with Crippen molar-refractivity contribution in [3.05, 3.63) is 47.0 Å². The van der Waals surface area contributed by atoms with E-state index >= 15 is 0 Å². The molecule has 0 aliphatic rings. The summed E-state index contributed by atoms with van der Waals surface area (Å²) in [7, 11) is 4.26. The number of nitrogens with one attached hydrogen (secondary N) is 1. The van der Waals surface area contributed by atoms with E-state index in [2.05, 4.69) is 5.10 Å². The summed E-state index contributed by atoms with van der Waals surface area (Å²) < 4.78 is 68.8. The summed E-state index contributed by atoms with van der Waals surface area (Å²) in [4.78, 5) is 0. The third-order valence-corrected chi connectivity index (χ3v) is 3.23. The molecular formula is C16H14F4N2O3. The van der Waals surface area contributed by atoms with Gasteiger partial charge in [-0.2, -0.15) is 5.10 Å². The molecule has 0 saturated heterocycles. The second-order valence-electron chi connectivity index (χ2n) is 4.66. The van der Waals surface area contributed by atoms with Crippen molar-refractivity contribution in [3.8, 4) is 17.2 Å². The van der Waals surface area contributed by atoms with Crippen LogP contribution in [0.25, 0.3) is 0 Å². The average Bonchev–Trinajstić information content (AvgIpc) is 2.62. The number of hydrogen-bond donors (Lipinski definition) is 1. The summed E-state index contributed by atoms with van der Waals surface area (Å²) in [5.41, 5.74) is 1.26. The van der Waals surface area contributed by atoms with Gasteiger partial charge in [0.25, 0.3) is 0 Å². The molecule has 0 radical (unpaired) electrons. The van der Waals surface area contributed by atoms with Crippen molar-refractivity contribution in [2.75, 3.05) is 26.8 Å². The maximum Gasteiger partial charge on any atom is 0.186 e. The van der Waals surface area contributed by atoms with Crippen LogP contribution in [0, 0.1) is 23.3 Å². The Balaban J connectivity index is 2.35. The zero-order valence-electron chi connectivity index (χ0n) is 13.5. The van der Waals surface area contributed by atoms with E-state index in [0.717, 1.165) is 6.21 Å². The highest BCUT2D eigenvalue weighted by Gasteiger charge is 2.18. The van der Waals surface area contributed by atoms with Gasteiger partial charge >= 0.3 is 0 Å². The van der Waals surface area contributed by atoms with Crippen LogP contribution in [0.15, 0.2) is 23.3 Å². The molecule has 9 heteroatoms. The van der Waals surface area contributed by atoms with Gasteiger partial charge in [0.15, 0.2) is 34.8 Å². The standard InChI is InChI=1S/C16H14F4N2O3/c1-23-11-6-13(25-3)12(24-2)4-8(11)7-21-22-16-14(19)9(17)5-10(18)15(16)20/h4-7,22H,1-3H3/b21-7+. The predicted octanol–water partition coefficient (Wildman–Crippen LogP) is 3.71. The molecule has 0 aliphatic heterocycles. The molecule has 2 rings (SSSR count). The summed E-state index contributed by atoms with van der Waals surface area (Å²) in [5, 5.41) is 3.59. The van der Waals surface area contributed by atoms with Crippen LogP contribution in [0.1, 0.15) is 5.56 Å². The number of anilines is 1. The lowest BCUT2D eigenvalue weighted by atomic mass is 10.2. The van der Waals surface area contributed by atoms with Crippen LogP contribution in [-0.2, 0) is 0 Å². The first-order valence-corrected chi connectivity index (χ1v) is 6.85. The smallest absolute Gasteiger partial charge is 0.186 e. The summed E-state index contributed by atoms with van der Waals surface area (Å²) in [5.74, 6) is -5.17. The van der Waals surface area contributed by atoms with Gasteiger partial charge in [-0.05, 0) is 6.07 Å². The van der Waals surface area contributed by atoms with Crippen molar-refractivity contribution in [2.24, 2.45) is 5.10 Å².